The molecule has 0 unspecified atom stereocenters. The number of ether oxygens (including phenoxy) is 2. The molecule has 0 fully saturated rings. The molecule has 478 valence electrons. The largest absolute Gasteiger partial charge is 0.481 e. The molecule has 0 radical (unpaired) electrons. The summed E-state index contributed by atoms with van der Waals surface area (Å²) < 4.78 is 10.2. The molecule has 2 heterocycles. The number of primary amides is 1. The highest BCUT2D eigenvalue weighted by atomic mass is 16.5. The highest BCUT2D eigenvalue weighted by Gasteiger charge is 2.38. The van der Waals surface area contributed by atoms with Crippen LogP contribution in [-0.2, 0) is 83.0 Å². The van der Waals surface area contributed by atoms with Gasteiger partial charge in [0, 0.05) is 95.4 Å². The Morgan fingerprint density at radius 1 is 0.674 bits per heavy atom. The molecule has 8 atom stereocenters. The van der Waals surface area contributed by atoms with Crippen molar-refractivity contribution in [1.29, 1.82) is 0 Å². The van der Waals surface area contributed by atoms with Gasteiger partial charge in [0.05, 0.1) is 88.5 Å². The summed E-state index contributed by atoms with van der Waals surface area (Å²) in [7, 11) is 1.52. The summed E-state index contributed by atoms with van der Waals surface area (Å²) >= 11 is 0. The Kier molecular flexibility index (Phi) is 33.6. The molecule has 1 aromatic heterocycles. The lowest BCUT2D eigenvalue weighted by Crippen LogP contribution is -2.56. The van der Waals surface area contributed by atoms with Crippen molar-refractivity contribution in [2.24, 2.45) is 57.5 Å². The Hall–Kier alpha value is -8.40. The number of nitrogens with zero attached hydrogens (tertiary/aromatic N) is 3. The van der Waals surface area contributed by atoms with E-state index in [2.05, 4.69) is 46.9 Å². The van der Waals surface area contributed by atoms with Crippen molar-refractivity contribution >= 4 is 88.2 Å². The highest BCUT2D eigenvalue weighted by Crippen LogP contribution is 2.20. The number of Topliss-reactive ketones (excluding diaryl/α,β-unsaturated/α-hetero) is 4. The molecule has 0 bridgehead atoms. The number of hydrogen-bond acceptors (Lipinski definition) is 21. The van der Waals surface area contributed by atoms with E-state index in [-0.39, 0.29) is 50.7 Å². The second-order valence-electron chi connectivity index (χ2n) is 20.6. The average molecular weight is 1220 g/mol. The first-order valence-electron chi connectivity index (χ1n) is 27.6. The molecule has 1 aliphatic rings. The van der Waals surface area contributed by atoms with Crippen LogP contribution in [0.1, 0.15) is 83.7 Å². The Morgan fingerprint density at radius 2 is 1.27 bits per heavy atom. The predicted octanol–water partition coefficient (Wildman–Crippen LogP) is -6.20. The van der Waals surface area contributed by atoms with Gasteiger partial charge in [0.25, 0.3) is 11.8 Å². The lowest BCUT2D eigenvalue weighted by molar-refractivity contribution is -0.145. The van der Waals surface area contributed by atoms with Gasteiger partial charge < -0.3 is 84.6 Å². The zero-order valence-electron chi connectivity index (χ0n) is 48.4. The number of nitrogens with two attached hydrogens (primary N) is 4. The summed E-state index contributed by atoms with van der Waals surface area (Å²) in [5.41, 5.74) is 22.4. The topological polar surface area (TPSA) is 539 Å². The fraction of sp³-hybridized carbons (Fsp3) is 0.623. The normalized spacial score (nSPS) is 14.8. The first kappa shape index (κ1) is 73.7. The van der Waals surface area contributed by atoms with E-state index >= 15 is 0 Å². The van der Waals surface area contributed by atoms with Crippen LogP contribution in [0, 0.1) is 29.6 Å². The van der Waals surface area contributed by atoms with Gasteiger partial charge in [-0.3, -0.25) is 77.0 Å². The van der Waals surface area contributed by atoms with Crippen LogP contribution in [-0.4, -0.2) is 215 Å². The number of methoxy groups -OCH3 is 1. The van der Waals surface area contributed by atoms with E-state index in [1.165, 1.54) is 19.6 Å². The number of aliphatic imine (C=N–C) groups is 1. The second kappa shape index (κ2) is 39.3. The number of hydrogen-bond donors (Lipinski definition) is 14. The molecule has 2 rings (SSSR count). The van der Waals surface area contributed by atoms with Crippen molar-refractivity contribution in [2.75, 3.05) is 72.9 Å². The minimum Gasteiger partial charge on any atom is -0.481 e. The standard InChI is InChI=1S/C53H82N14O19/c1-29(2)14-36(65-52(84)39(22-54)67-45(76)7-8-46(67)77)41(72)19-33(26-68)49(81)61-24-35(70)16-30(6-4-9-60-53(56)57)50(82)66-38(27-69)42(73)18-32(20-47(78)79)51(83)64-37(21-43(55)74)40(71)17-31(15-34-23-58-28-63-34)48(80)62-25-44(75)59-10-5-11-86-13-12-85-3/h7-8,23,28-33,36-39,68-69H,4-6,9-22,24-27,54H2,1-3H3,(H2,55,74)(H,58,63)(H,59,75)(H,61,81)(H,62,80)(H,64,83)(H,65,84)(H,66,82)(H,78,79)(H4,56,57,60)/t30-,31-,32+,33+,36+,37+,38+,39+/m1/s1. The minimum atomic E-state index is -1.83. The highest BCUT2D eigenvalue weighted by molar-refractivity contribution is 6.15. The maximum Gasteiger partial charge on any atom is 0.304 e. The molecule has 33 heteroatoms. The van der Waals surface area contributed by atoms with Crippen LogP contribution >= 0.6 is 0 Å². The summed E-state index contributed by atoms with van der Waals surface area (Å²) in [6.45, 7) is 0.987. The number of imide groups is 1. The van der Waals surface area contributed by atoms with E-state index in [4.69, 9.17) is 32.4 Å². The number of carboxylic acids is 1. The molecule has 0 aromatic carbocycles. The van der Waals surface area contributed by atoms with Crippen LogP contribution in [0.2, 0.25) is 0 Å². The van der Waals surface area contributed by atoms with Crippen LogP contribution < -0.4 is 54.8 Å². The van der Waals surface area contributed by atoms with Crippen LogP contribution in [0.5, 0.6) is 0 Å². The van der Waals surface area contributed by atoms with Gasteiger partial charge in [0.1, 0.15) is 12.1 Å². The third kappa shape index (κ3) is 27.5. The van der Waals surface area contributed by atoms with Crippen molar-refractivity contribution in [3.63, 3.8) is 0 Å². The molecule has 86 heavy (non-hydrogen) atoms. The SMILES string of the molecule is COCCOCCCNC(=O)CNC(=O)[C@@H](CC(=O)[C@H](CC(N)=O)NC(=O)[C@H](CC(=O)O)CC(=O)[C@H](CO)NC(=O)[C@H](CCCN=C(N)N)CC(=O)CNC(=O)[C@H](CO)CC(=O)[C@H](CC(C)C)NC(=O)[C@H](CN)N1C(=O)C=CC1=O)Cc1cnc[nH]1. The van der Waals surface area contributed by atoms with Crippen LogP contribution in [0.3, 0.4) is 0 Å². The smallest absolute Gasteiger partial charge is 0.304 e. The molecule has 33 nitrogen and oxygen atoms in total. The van der Waals surface area contributed by atoms with E-state index in [1.54, 1.807) is 13.8 Å². The molecule has 0 spiro atoms. The Bertz CT molecular complexity index is 2560. The summed E-state index contributed by atoms with van der Waals surface area (Å²) in [5, 5.41) is 44.7. The van der Waals surface area contributed by atoms with Crippen molar-refractivity contribution < 1.29 is 91.9 Å². The third-order valence-electron chi connectivity index (χ3n) is 13.2. The third-order valence-corrected chi connectivity index (χ3v) is 13.2. The number of carbonyl (C=O) groups is 14. The lowest BCUT2D eigenvalue weighted by atomic mass is 9.90. The van der Waals surface area contributed by atoms with Crippen LogP contribution in [0.25, 0.3) is 0 Å². The molecular formula is C53H82N14O19. The van der Waals surface area contributed by atoms with Crippen molar-refractivity contribution in [3.05, 3.63) is 30.4 Å². The number of aliphatic hydroxyl groups is 2. The Balaban J connectivity index is 2.21. The number of ketones is 4. The van der Waals surface area contributed by atoms with Gasteiger partial charge in [0.2, 0.25) is 41.4 Å². The molecule has 18 N–H and O–H groups in total. The summed E-state index contributed by atoms with van der Waals surface area (Å²) in [4.78, 5) is 195. The minimum absolute atomic E-state index is 0.0363. The van der Waals surface area contributed by atoms with E-state index in [9.17, 15) is 82.4 Å². The van der Waals surface area contributed by atoms with Gasteiger partial charge in [-0.2, -0.15) is 0 Å². The number of aliphatic hydroxyl groups excluding tert-OH is 2. The number of amides is 9. The van der Waals surface area contributed by atoms with Gasteiger partial charge in [-0.25, -0.2) is 4.98 Å². The Labute approximate surface area is 495 Å². The van der Waals surface area contributed by atoms with Gasteiger partial charge >= 0.3 is 5.97 Å². The summed E-state index contributed by atoms with van der Waals surface area (Å²) in [6.07, 6.45) is 0.0381. The average Bonchev–Trinajstić information content (AvgIpc) is 3.96. The van der Waals surface area contributed by atoms with Gasteiger partial charge in [0.15, 0.2) is 29.1 Å². The molecule has 1 aliphatic heterocycles. The van der Waals surface area contributed by atoms with Crippen molar-refractivity contribution in [1.82, 2.24) is 46.8 Å². The summed E-state index contributed by atoms with van der Waals surface area (Å²) in [6, 6.07) is -6.33. The molecule has 1 aromatic rings. The molecule has 0 saturated heterocycles. The number of aromatic nitrogens is 2. The fourth-order valence-corrected chi connectivity index (χ4v) is 8.66. The number of aliphatic carboxylic acids is 1. The molecular weight excluding hydrogens is 1140 g/mol. The molecule has 0 aliphatic carbocycles. The maximum atomic E-state index is 13.9. The second-order valence-corrected chi connectivity index (χ2v) is 20.6. The maximum absolute atomic E-state index is 13.9. The van der Waals surface area contributed by atoms with Gasteiger partial charge in [-0.1, -0.05) is 13.8 Å². The van der Waals surface area contributed by atoms with Crippen LogP contribution in [0.15, 0.2) is 29.7 Å². The Morgan fingerprint density at radius 3 is 1.85 bits per heavy atom. The number of carbonyl (C=O) groups excluding carboxylic acids is 13. The number of nitrogens with one attached hydrogen (secondary N) is 7. The number of H-pyrrole nitrogens is 1. The predicted molar refractivity (Wildman–Crippen MR) is 300 cm³/mol. The van der Waals surface area contributed by atoms with E-state index in [1.807, 2.05) is 0 Å². The zero-order valence-corrected chi connectivity index (χ0v) is 48.4. The first-order chi connectivity index (χ1) is 40.7. The number of rotatable bonds is 46. The monoisotopic (exact) mass is 1220 g/mol. The number of guanidine groups is 1. The number of carboxylic acid groups (broad SMARTS) is 1. The first-order valence-corrected chi connectivity index (χ1v) is 27.6. The molecule has 9 amide bonds. The van der Waals surface area contributed by atoms with Crippen molar-refractivity contribution in [2.45, 2.75) is 109 Å². The number of aromatic amines is 1. The van der Waals surface area contributed by atoms with E-state index in [0.29, 0.717) is 36.8 Å². The zero-order chi connectivity index (χ0) is 64.5. The van der Waals surface area contributed by atoms with Gasteiger partial charge in [-0.15, -0.1) is 0 Å². The van der Waals surface area contributed by atoms with Crippen LogP contribution in [0.4, 0.5) is 0 Å². The van der Waals surface area contributed by atoms with E-state index < -0.39 is 201 Å². The van der Waals surface area contributed by atoms with Gasteiger partial charge in [-0.05, 0) is 31.6 Å². The summed E-state index contributed by atoms with van der Waals surface area (Å²) in [5.74, 6) is -19.6. The molecule has 0 saturated carbocycles. The quantitative estimate of drug-likeness (QED) is 0.0125. The lowest BCUT2D eigenvalue weighted by Gasteiger charge is -2.27. The fourth-order valence-electron chi connectivity index (χ4n) is 8.66. The van der Waals surface area contributed by atoms with Crippen molar-refractivity contribution in [3.8, 4) is 0 Å². The van der Waals surface area contributed by atoms with E-state index in [0.717, 1.165) is 12.2 Å². The number of imidazole rings is 1.